The van der Waals surface area contributed by atoms with E-state index in [4.69, 9.17) is 10.2 Å². The first-order valence-corrected chi connectivity index (χ1v) is 5.38. The normalized spacial score (nSPS) is 11.1. The molecule has 2 N–H and O–H groups in total. The van der Waals surface area contributed by atoms with Crippen LogP contribution in [0.2, 0.25) is 0 Å². The molecular weight excluding hydrogens is 272 g/mol. The summed E-state index contributed by atoms with van der Waals surface area (Å²) in [5.41, 5.74) is 7.36. The van der Waals surface area contributed by atoms with Gasteiger partial charge in [-0.05, 0) is 18.2 Å². The van der Waals surface area contributed by atoms with Crippen molar-refractivity contribution in [3.8, 4) is 11.4 Å². The van der Waals surface area contributed by atoms with Crippen molar-refractivity contribution >= 4 is 27.4 Å². The van der Waals surface area contributed by atoms with Gasteiger partial charge < -0.3 is 10.2 Å². The van der Waals surface area contributed by atoms with Crippen LogP contribution in [0.3, 0.4) is 0 Å². The minimum absolute atomic E-state index is 0.534. The molecule has 0 aliphatic carbocycles. The largest absolute Gasteiger partial charge is 0.472 e. The second kappa shape index (κ2) is 3.34. The maximum Gasteiger partial charge on any atom is 0.185 e. The van der Waals surface area contributed by atoms with Gasteiger partial charge in [0, 0.05) is 4.47 Å². The van der Waals surface area contributed by atoms with Crippen molar-refractivity contribution in [1.82, 2.24) is 14.6 Å². The molecule has 5 nitrogen and oxygen atoms in total. The molecule has 16 heavy (non-hydrogen) atoms. The first-order chi connectivity index (χ1) is 7.74. The van der Waals surface area contributed by atoms with Gasteiger partial charge in [-0.3, -0.25) is 0 Å². The van der Waals surface area contributed by atoms with Crippen molar-refractivity contribution in [3.05, 3.63) is 35.2 Å². The highest BCUT2D eigenvalue weighted by Crippen LogP contribution is 2.21. The molecule has 80 valence electrons. The number of rotatable bonds is 1. The summed E-state index contributed by atoms with van der Waals surface area (Å²) in [7, 11) is 0. The average molecular weight is 279 g/mol. The molecule has 3 aromatic rings. The number of nitrogens with two attached hydrogens (primary N) is 1. The summed E-state index contributed by atoms with van der Waals surface area (Å²) in [4.78, 5) is 4.36. The summed E-state index contributed by atoms with van der Waals surface area (Å²) in [5.74, 6) is 1.13. The summed E-state index contributed by atoms with van der Waals surface area (Å²) in [6.07, 6.45) is 3.18. The van der Waals surface area contributed by atoms with Crippen molar-refractivity contribution < 1.29 is 4.42 Å². The number of pyridine rings is 1. The first-order valence-electron chi connectivity index (χ1n) is 4.58. The van der Waals surface area contributed by atoms with E-state index in [1.165, 1.54) is 0 Å². The van der Waals surface area contributed by atoms with Gasteiger partial charge in [0.05, 0.1) is 11.8 Å². The lowest BCUT2D eigenvalue weighted by Gasteiger charge is -1.97. The van der Waals surface area contributed by atoms with E-state index >= 15 is 0 Å². The van der Waals surface area contributed by atoms with Gasteiger partial charge >= 0.3 is 0 Å². The summed E-state index contributed by atoms with van der Waals surface area (Å²) in [6, 6.07) is 5.44. The number of aromatic nitrogens is 3. The van der Waals surface area contributed by atoms with E-state index in [1.807, 2.05) is 6.07 Å². The van der Waals surface area contributed by atoms with Crippen LogP contribution in [0.4, 0.5) is 5.82 Å². The third-order valence-electron chi connectivity index (χ3n) is 2.21. The van der Waals surface area contributed by atoms with Crippen molar-refractivity contribution in [1.29, 1.82) is 0 Å². The molecule has 0 saturated heterocycles. The SMILES string of the molecule is Nc1cc(Br)cc2nc(-c3ccoc3)nn12. The van der Waals surface area contributed by atoms with Gasteiger partial charge in [-0.1, -0.05) is 15.9 Å². The molecule has 0 aliphatic rings. The summed E-state index contributed by atoms with van der Waals surface area (Å²) in [5, 5.41) is 4.30. The smallest absolute Gasteiger partial charge is 0.185 e. The van der Waals surface area contributed by atoms with Crippen molar-refractivity contribution in [2.75, 3.05) is 5.73 Å². The summed E-state index contributed by atoms with van der Waals surface area (Å²) >= 11 is 3.36. The molecule has 0 bridgehead atoms. The molecular formula is C10H7BrN4O. The zero-order valence-electron chi connectivity index (χ0n) is 8.09. The third-order valence-corrected chi connectivity index (χ3v) is 2.67. The van der Waals surface area contributed by atoms with Crippen LogP contribution in [0.25, 0.3) is 17.0 Å². The van der Waals surface area contributed by atoms with Gasteiger partial charge in [0.1, 0.15) is 12.1 Å². The Labute approximate surface area is 99.0 Å². The number of halogens is 1. The molecule has 3 heterocycles. The first kappa shape index (κ1) is 9.41. The number of fused-ring (bicyclic) bond motifs is 1. The number of furan rings is 1. The fourth-order valence-corrected chi connectivity index (χ4v) is 1.93. The molecule has 0 atom stereocenters. The molecule has 0 unspecified atom stereocenters. The van der Waals surface area contributed by atoms with Gasteiger partial charge in [0.25, 0.3) is 0 Å². The fourth-order valence-electron chi connectivity index (χ4n) is 1.49. The van der Waals surface area contributed by atoms with Gasteiger partial charge in [-0.15, -0.1) is 5.10 Å². The van der Waals surface area contributed by atoms with Crippen LogP contribution in [0, 0.1) is 0 Å². The lowest BCUT2D eigenvalue weighted by atomic mass is 10.3. The highest BCUT2D eigenvalue weighted by molar-refractivity contribution is 9.10. The molecule has 3 rings (SSSR count). The Morgan fingerprint density at radius 3 is 3.00 bits per heavy atom. The van der Waals surface area contributed by atoms with Crippen molar-refractivity contribution in [3.63, 3.8) is 0 Å². The predicted molar refractivity (Wildman–Crippen MR) is 62.8 cm³/mol. The van der Waals surface area contributed by atoms with E-state index in [9.17, 15) is 0 Å². The Morgan fingerprint density at radius 2 is 2.25 bits per heavy atom. The Morgan fingerprint density at radius 1 is 1.38 bits per heavy atom. The summed E-state index contributed by atoms with van der Waals surface area (Å²) < 4.78 is 7.46. The topological polar surface area (TPSA) is 69.3 Å². The standard InChI is InChI=1S/C10H7BrN4O/c11-7-3-8(12)15-9(4-7)13-10(14-15)6-1-2-16-5-6/h1-5H,12H2. The van der Waals surface area contributed by atoms with E-state index in [0.717, 1.165) is 10.0 Å². The molecule has 0 spiro atoms. The molecule has 0 aliphatic heterocycles. The number of hydrogen-bond donors (Lipinski definition) is 1. The minimum atomic E-state index is 0.534. The Kier molecular flexibility index (Phi) is 1.97. The lowest BCUT2D eigenvalue weighted by molar-refractivity contribution is 0.568. The zero-order valence-corrected chi connectivity index (χ0v) is 9.68. The van der Waals surface area contributed by atoms with Crippen LogP contribution >= 0.6 is 15.9 Å². The molecule has 6 heteroatoms. The Balaban J connectivity index is 2.27. The van der Waals surface area contributed by atoms with Crippen LogP contribution in [0.15, 0.2) is 39.6 Å². The molecule has 0 amide bonds. The minimum Gasteiger partial charge on any atom is -0.472 e. The third kappa shape index (κ3) is 1.38. The van der Waals surface area contributed by atoms with Gasteiger partial charge in [-0.25, -0.2) is 4.98 Å². The quantitative estimate of drug-likeness (QED) is 0.742. The van der Waals surface area contributed by atoms with Crippen LogP contribution < -0.4 is 5.73 Å². The highest BCUT2D eigenvalue weighted by Gasteiger charge is 2.09. The van der Waals surface area contributed by atoms with E-state index in [0.29, 0.717) is 17.3 Å². The number of nitrogens with zero attached hydrogens (tertiary/aromatic N) is 3. The maximum absolute atomic E-state index is 5.83. The highest BCUT2D eigenvalue weighted by atomic mass is 79.9. The van der Waals surface area contributed by atoms with E-state index in [-0.39, 0.29) is 0 Å². The molecule has 0 radical (unpaired) electrons. The van der Waals surface area contributed by atoms with Gasteiger partial charge in [-0.2, -0.15) is 4.52 Å². The molecule has 0 saturated carbocycles. The van der Waals surface area contributed by atoms with Crippen LogP contribution in [0.5, 0.6) is 0 Å². The van der Waals surface area contributed by atoms with E-state index in [1.54, 1.807) is 29.2 Å². The maximum atomic E-state index is 5.83. The number of anilines is 1. The average Bonchev–Trinajstić information content (AvgIpc) is 2.82. The van der Waals surface area contributed by atoms with E-state index in [2.05, 4.69) is 26.0 Å². The van der Waals surface area contributed by atoms with Crippen LogP contribution in [-0.4, -0.2) is 14.6 Å². The monoisotopic (exact) mass is 278 g/mol. The summed E-state index contributed by atoms with van der Waals surface area (Å²) in [6.45, 7) is 0. The second-order valence-electron chi connectivity index (χ2n) is 3.32. The molecule has 3 aromatic heterocycles. The second-order valence-corrected chi connectivity index (χ2v) is 4.23. The van der Waals surface area contributed by atoms with Crippen LogP contribution in [-0.2, 0) is 0 Å². The van der Waals surface area contributed by atoms with E-state index < -0.39 is 0 Å². The van der Waals surface area contributed by atoms with Gasteiger partial charge in [0.2, 0.25) is 0 Å². The predicted octanol–water partition coefficient (Wildman–Crippen LogP) is 2.33. The fraction of sp³-hybridized carbons (Fsp3) is 0. The van der Waals surface area contributed by atoms with Gasteiger partial charge in [0.15, 0.2) is 11.5 Å². The van der Waals surface area contributed by atoms with Crippen LogP contribution in [0.1, 0.15) is 0 Å². The number of nitrogen functional groups attached to an aromatic ring is 1. The Bertz CT molecular complexity index is 644. The molecule has 0 aromatic carbocycles. The number of hydrogen-bond acceptors (Lipinski definition) is 4. The lowest BCUT2D eigenvalue weighted by Crippen LogP contribution is -1.97. The van der Waals surface area contributed by atoms with Crippen molar-refractivity contribution in [2.45, 2.75) is 0 Å². The van der Waals surface area contributed by atoms with Crippen molar-refractivity contribution in [2.24, 2.45) is 0 Å². The Hall–Kier alpha value is -1.82. The molecule has 0 fully saturated rings. The zero-order chi connectivity index (χ0) is 11.1.